The number of hydrogen-bond donors (Lipinski definition) is 0. The van der Waals surface area contributed by atoms with E-state index in [-0.39, 0.29) is 56.7 Å². The fourth-order valence-electron chi connectivity index (χ4n) is 4.48. The SMILES string of the molecule is FC(F)(F)C(F)(F)C(F)(F)C(F)(F)C(F)(F)C(F)(F)c1ccc(SCc2[c-]c(CSc3ccc(C(F)(F)C(F)(F)C(F)(F)C(F)(F)C(F)(F)C(F)(F)F)cc3)ccc2)cc1.[Cl][Pd+]. The van der Waals surface area contributed by atoms with Gasteiger partial charge in [0.2, 0.25) is 0 Å². The van der Waals surface area contributed by atoms with Gasteiger partial charge in [-0.05, 0) is 24.3 Å². The van der Waals surface area contributed by atoms with E-state index in [9.17, 15) is 114 Å². The zero-order valence-corrected chi connectivity index (χ0v) is 32.5. The molecular weight excluding hydrogens is 1080 g/mol. The van der Waals surface area contributed by atoms with Crippen molar-refractivity contribution in [3.8, 4) is 0 Å². The van der Waals surface area contributed by atoms with Gasteiger partial charge >= 0.3 is 99.3 Å². The van der Waals surface area contributed by atoms with Gasteiger partial charge in [0.15, 0.2) is 0 Å². The van der Waals surface area contributed by atoms with Gasteiger partial charge in [0.1, 0.15) is 0 Å². The van der Waals surface area contributed by atoms with Gasteiger partial charge < -0.3 is 0 Å². The first-order chi connectivity index (χ1) is 27.6. The predicted molar refractivity (Wildman–Crippen MR) is 163 cm³/mol. The molecule has 0 unspecified atom stereocenters. The van der Waals surface area contributed by atoms with Crippen LogP contribution in [0.25, 0.3) is 0 Å². The summed E-state index contributed by atoms with van der Waals surface area (Å²) >= 11 is 3.54. The summed E-state index contributed by atoms with van der Waals surface area (Å²) in [7, 11) is 4.49. The van der Waals surface area contributed by atoms with Crippen LogP contribution in [-0.4, -0.2) is 59.7 Å². The average molecular weight is 1100 g/mol. The Hall–Kier alpha value is -2.51. The number of rotatable bonds is 16. The second-order valence-electron chi connectivity index (χ2n) is 12.1. The van der Waals surface area contributed by atoms with Gasteiger partial charge in [-0.25, -0.2) is 0 Å². The molecule has 0 atom stereocenters. The summed E-state index contributed by atoms with van der Waals surface area (Å²) in [6.07, 6.45) is -15.2. The Morgan fingerprint density at radius 1 is 0.355 bits per heavy atom. The summed E-state index contributed by atoms with van der Waals surface area (Å²) < 4.78 is 350. The van der Waals surface area contributed by atoms with Crippen molar-refractivity contribution in [3.05, 3.63) is 95.1 Å². The predicted octanol–water partition coefficient (Wildman–Crippen LogP) is 15.1. The zero-order valence-electron chi connectivity index (χ0n) is 28.6. The van der Waals surface area contributed by atoms with Crippen LogP contribution in [0, 0.1) is 6.07 Å². The summed E-state index contributed by atoms with van der Waals surface area (Å²) in [5, 5.41) is 0. The third kappa shape index (κ3) is 9.43. The van der Waals surface area contributed by atoms with Gasteiger partial charge in [-0.2, -0.15) is 150 Å². The van der Waals surface area contributed by atoms with Gasteiger partial charge in [-0.3, -0.25) is 0 Å². The average Bonchev–Trinajstić information content (AvgIpc) is 3.16. The summed E-state index contributed by atoms with van der Waals surface area (Å²) in [4.78, 5) is -0.325. The van der Waals surface area contributed by atoms with Gasteiger partial charge in [0.05, 0.1) is 0 Å². The standard InChI is InChI=1S/C32H15F26S2.ClH.Pd/c33-21(34,23(37,38)25(41,42)27(45,46)29(49,50)31(53,54)55)17-4-8-19(9-5-17)59-13-15-2-1-3-16(12-15)14-60-20-10-6-18(7-11-20)22(35,36)24(39,40)26(43,44)28(47,48)30(51,52)32(56,57)58;;/h1-11H,13-14H2;1H;/q-1;;+2/p-1. The van der Waals surface area contributed by atoms with E-state index in [2.05, 4.69) is 33.8 Å². The Kier molecular flexibility index (Phi) is 16.2. The molecule has 0 aliphatic heterocycles. The minimum absolute atomic E-state index is 0.0569. The van der Waals surface area contributed by atoms with E-state index in [4.69, 9.17) is 0 Å². The van der Waals surface area contributed by atoms with Crippen LogP contribution < -0.4 is 0 Å². The van der Waals surface area contributed by atoms with E-state index < -0.39 is 82.7 Å². The number of thioether (sulfide) groups is 2. The normalized spacial score (nSPS) is 14.7. The molecule has 0 saturated heterocycles. The van der Waals surface area contributed by atoms with E-state index >= 15 is 0 Å². The molecule has 354 valence electrons. The van der Waals surface area contributed by atoms with Crippen molar-refractivity contribution in [1.82, 2.24) is 0 Å². The Balaban J connectivity index is 0.00000651. The van der Waals surface area contributed by atoms with E-state index in [1.807, 2.05) is 0 Å². The van der Waals surface area contributed by atoms with Crippen LogP contribution in [0.1, 0.15) is 22.3 Å². The molecule has 0 amide bonds. The molecule has 0 aromatic heterocycles. The Bertz CT molecular complexity index is 1820. The fourth-order valence-corrected chi connectivity index (χ4v) is 6.12. The molecule has 0 N–H and O–H groups in total. The molecule has 0 bridgehead atoms. The summed E-state index contributed by atoms with van der Waals surface area (Å²) in [6.45, 7) is 0. The second kappa shape index (κ2) is 18.1. The molecule has 0 fully saturated rings. The van der Waals surface area contributed by atoms with Crippen LogP contribution in [0.15, 0.2) is 76.5 Å². The topological polar surface area (TPSA) is 0 Å². The van der Waals surface area contributed by atoms with E-state index in [0.717, 1.165) is 0 Å². The van der Waals surface area contributed by atoms with Crippen molar-refractivity contribution in [2.75, 3.05) is 0 Å². The van der Waals surface area contributed by atoms with Gasteiger partial charge in [0.25, 0.3) is 0 Å². The van der Waals surface area contributed by atoms with Crippen LogP contribution in [0.2, 0.25) is 0 Å². The van der Waals surface area contributed by atoms with Crippen LogP contribution in [0.4, 0.5) is 114 Å². The molecule has 3 aromatic rings. The summed E-state index contributed by atoms with van der Waals surface area (Å²) in [5.74, 6) is -76.4. The van der Waals surface area contributed by atoms with E-state index in [1.165, 1.54) is 18.2 Å². The fraction of sp³-hybridized carbons (Fsp3) is 0.438. The van der Waals surface area contributed by atoms with Crippen LogP contribution >= 0.6 is 33.1 Å². The Morgan fingerprint density at radius 2 is 0.597 bits per heavy atom. The first kappa shape index (κ1) is 55.6. The van der Waals surface area contributed by atoms with Crippen LogP contribution in [0.5, 0.6) is 0 Å². The van der Waals surface area contributed by atoms with Gasteiger partial charge in [-0.15, -0.1) is 23.5 Å². The number of alkyl halides is 26. The monoisotopic (exact) mass is 1100 g/mol. The first-order valence-corrected chi connectivity index (χ1v) is 19.1. The molecule has 0 nitrogen and oxygen atoms in total. The summed E-state index contributed by atoms with van der Waals surface area (Å²) in [5.41, 5.74) is -4.03. The maximum absolute atomic E-state index is 14.5. The molecule has 0 radical (unpaired) electrons. The molecule has 62 heavy (non-hydrogen) atoms. The number of benzene rings is 3. The summed E-state index contributed by atoms with van der Waals surface area (Å²) in [6, 6.07) is 8.56. The Morgan fingerprint density at radius 3 is 0.839 bits per heavy atom. The minimum atomic E-state index is -8.08. The third-order valence-corrected chi connectivity index (χ3v) is 10.1. The second-order valence-corrected chi connectivity index (χ2v) is 14.2. The molecule has 0 saturated carbocycles. The van der Waals surface area contributed by atoms with Crippen molar-refractivity contribution in [2.24, 2.45) is 0 Å². The van der Waals surface area contributed by atoms with Crippen LogP contribution in [-0.2, 0) is 41.5 Å². The van der Waals surface area contributed by atoms with Crippen molar-refractivity contribution < 1.29 is 132 Å². The third-order valence-electron chi connectivity index (χ3n) is 8.01. The molecule has 30 heteroatoms. The molecule has 3 rings (SSSR count). The molecule has 3 aromatic carbocycles. The van der Waals surface area contributed by atoms with E-state index in [1.54, 1.807) is 0 Å². The van der Waals surface area contributed by atoms with Crippen molar-refractivity contribution >= 4 is 33.1 Å². The maximum atomic E-state index is 14.5. The van der Waals surface area contributed by atoms with E-state index in [0.29, 0.717) is 47.8 Å². The van der Waals surface area contributed by atoms with Gasteiger partial charge in [-0.1, -0.05) is 24.3 Å². The number of halogens is 27. The molecule has 0 aliphatic carbocycles. The van der Waals surface area contributed by atoms with Gasteiger partial charge in [0, 0.05) is 32.4 Å². The molecule has 0 heterocycles. The molecule has 0 spiro atoms. The quantitative estimate of drug-likeness (QED) is 0.0607. The zero-order chi connectivity index (χ0) is 48.8. The van der Waals surface area contributed by atoms with Crippen LogP contribution in [0.3, 0.4) is 0 Å². The van der Waals surface area contributed by atoms with Crippen molar-refractivity contribution in [2.45, 2.75) is 92.9 Å². The molecule has 0 aliphatic rings. The van der Waals surface area contributed by atoms with Crippen molar-refractivity contribution in [1.29, 1.82) is 0 Å². The van der Waals surface area contributed by atoms with Crippen molar-refractivity contribution in [3.63, 3.8) is 0 Å². The molecular formula is C32H15ClF26PdS2. The first-order valence-electron chi connectivity index (χ1n) is 15.1. The number of hydrogen-bond acceptors (Lipinski definition) is 2. The Labute approximate surface area is 352 Å².